The summed E-state index contributed by atoms with van der Waals surface area (Å²) >= 11 is 0.272. The highest BCUT2D eigenvalue weighted by molar-refractivity contribution is 7.98. The summed E-state index contributed by atoms with van der Waals surface area (Å²) in [5.41, 5.74) is 0. The third kappa shape index (κ3) is 7.50. The molecule has 0 aliphatic heterocycles. The Morgan fingerprint density at radius 1 is 1.55 bits per heavy atom. The number of halogens is 3. The van der Waals surface area contributed by atoms with Gasteiger partial charge >= 0.3 is 6.36 Å². The Bertz CT molecular complexity index is 144. The zero-order valence-corrected chi connectivity index (χ0v) is 6.20. The molecule has 0 amide bonds. The Morgan fingerprint density at radius 2 is 2.09 bits per heavy atom. The first-order valence-corrected chi connectivity index (χ1v) is 3.10. The minimum atomic E-state index is -4.82. The van der Waals surface area contributed by atoms with Crippen LogP contribution in [0.2, 0.25) is 0 Å². The number of alkyl halides is 3. The van der Waals surface area contributed by atoms with Gasteiger partial charge in [-0.2, -0.15) is 4.33 Å². The smallest absolute Gasteiger partial charge is 0.515 e. The van der Waals surface area contributed by atoms with Gasteiger partial charge in [0, 0.05) is 4.91 Å². The summed E-state index contributed by atoms with van der Waals surface area (Å²) in [6, 6.07) is 0. The lowest BCUT2D eigenvalue weighted by Gasteiger charge is -2.03. The summed E-state index contributed by atoms with van der Waals surface area (Å²) in [4.78, 5) is 3.06. The Morgan fingerprint density at radius 3 is 2.45 bits per heavy atom. The molecule has 0 atom stereocenters. The van der Waals surface area contributed by atoms with E-state index in [2.05, 4.69) is 9.22 Å². The van der Waals surface area contributed by atoms with E-state index in [0.717, 1.165) is 0 Å². The highest BCUT2D eigenvalue weighted by Gasteiger charge is 2.31. The van der Waals surface area contributed by atoms with Crippen LogP contribution in [0.5, 0.6) is 0 Å². The molecule has 0 aliphatic carbocycles. The zero-order valence-electron chi connectivity index (χ0n) is 5.38. The van der Waals surface area contributed by atoms with Crippen molar-refractivity contribution < 1.29 is 27.5 Å². The lowest BCUT2D eigenvalue weighted by Crippen LogP contribution is -2.11. The van der Waals surface area contributed by atoms with Gasteiger partial charge in [-0.1, -0.05) is 0 Å². The van der Waals surface area contributed by atoms with Gasteiger partial charge in [0.05, 0.1) is 18.3 Å². The van der Waals surface area contributed by atoms with E-state index in [1.807, 2.05) is 0 Å². The van der Waals surface area contributed by atoms with Crippen LogP contribution in [0.4, 0.5) is 13.2 Å². The number of hydrogen-bond donors (Lipinski definition) is 1. The summed E-state index contributed by atoms with van der Waals surface area (Å²) < 4.78 is 37.1. The largest absolute Gasteiger partial charge is 0.550 e. The summed E-state index contributed by atoms with van der Waals surface area (Å²) in [7, 11) is 0. The molecule has 0 spiro atoms. The Labute approximate surface area is 64.9 Å². The quantitative estimate of drug-likeness (QED) is 0.321. The lowest BCUT2D eigenvalue weighted by molar-refractivity contribution is -0.439. The molecule has 0 aromatic carbocycles. The van der Waals surface area contributed by atoms with Crippen molar-refractivity contribution in [3.05, 3.63) is 11.2 Å². The number of hydrogen-bond acceptors (Lipinski definition) is 4. The van der Waals surface area contributed by atoms with Gasteiger partial charge in [0.15, 0.2) is 0 Å². The summed E-state index contributed by atoms with van der Waals surface area (Å²) in [5.74, 6) is 0. The molecule has 7 heteroatoms. The van der Waals surface area contributed by atoms with E-state index in [-0.39, 0.29) is 16.9 Å². The molecule has 3 nitrogen and oxygen atoms in total. The molecular weight excluding hydrogens is 185 g/mol. The van der Waals surface area contributed by atoms with Gasteiger partial charge in [-0.3, -0.25) is 0 Å². The van der Waals surface area contributed by atoms with E-state index < -0.39 is 6.36 Å². The van der Waals surface area contributed by atoms with Gasteiger partial charge in [-0.25, -0.2) is 0 Å². The molecular formula is C4H5F3O3S. The molecule has 0 aromatic rings. The standard InChI is InChI=1S/C4H5F3O3S/c1-3(2-8)11-10-9-4(5,6)7/h2,8H,1H3/b3-2-. The molecule has 0 aromatic heterocycles. The first-order chi connectivity index (χ1) is 4.95. The highest BCUT2D eigenvalue weighted by Crippen LogP contribution is 2.23. The van der Waals surface area contributed by atoms with Crippen LogP contribution in [0.3, 0.4) is 0 Å². The molecule has 0 fully saturated rings. The summed E-state index contributed by atoms with van der Waals surface area (Å²) in [5, 5.41) is 8.16. The minimum Gasteiger partial charge on any atom is -0.515 e. The van der Waals surface area contributed by atoms with Crippen LogP contribution in [0.15, 0.2) is 11.2 Å². The molecule has 0 unspecified atom stereocenters. The molecule has 0 aliphatic rings. The first kappa shape index (κ1) is 10.6. The molecule has 0 saturated heterocycles. The van der Waals surface area contributed by atoms with E-state index in [1.54, 1.807) is 0 Å². The Balaban J connectivity index is 3.43. The zero-order chi connectivity index (χ0) is 8.91. The lowest BCUT2D eigenvalue weighted by atomic mass is 10.7. The van der Waals surface area contributed by atoms with E-state index in [1.165, 1.54) is 6.92 Å². The van der Waals surface area contributed by atoms with Crippen molar-refractivity contribution in [1.82, 2.24) is 0 Å². The average molecular weight is 190 g/mol. The van der Waals surface area contributed by atoms with E-state index in [0.29, 0.717) is 6.26 Å². The maximum Gasteiger partial charge on any atom is 0.550 e. The average Bonchev–Trinajstić information content (AvgIpc) is 1.85. The summed E-state index contributed by atoms with van der Waals surface area (Å²) in [6.07, 6.45) is -4.22. The number of rotatable bonds is 3. The van der Waals surface area contributed by atoms with Gasteiger partial charge in [-0.15, -0.1) is 18.1 Å². The molecule has 0 bridgehead atoms. The minimum absolute atomic E-state index is 0.147. The fourth-order valence-corrected chi connectivity index (χ4v) is 0.392. The van der Waals surface area contributed by atoms with Crippen LogP contribution in [0, 0.1) is 0 Å². The van der Waals surface area contributed by atoms with Gasteiger partial charge in [0.1, 0.15) is 0 Å². The second kappa shape index (κ2) is 4.47. The topological polar surface area (TPSA) is 38.7 Å². The van der Waals surface area contributed by atoms with Crippen LogP contribution in [-0.4, -0.2) is 11.5 Å². The van der Waals surface area contributed by atoms with Gasteiger partial charge < -0.3 is 5.11 Å². The van der Waals surface area contributed by atoms with Crippen molar-refractivity contribution in [3.8, 4) is 0 Å². The van der Waals surface area contributed by atoms with Crippen LogP contribution >= 0.6 is 12.0 Å². The third-order valence-electron chi connectivity index (χ3n) is 0.476. The molecule has 0 rings (SSSR count). The first-order valence-electron chi connectivity index (χ1n) is 2.36. The number of aliphatic hydroxyl groups excluding tert-OH is 1. The van der Waals surface area contributed by atoms with Crippen LogP contribution in [0.1, 0.15) is 6.92 Å². The van der Waals surface area contributed by atoms with Crippen molar-refractivity contribution in [2.24, 2.45) is 0 Å². The maximum atomic E-state index is 11.2. The SMILES string of the molecule is C/C(=C/O)SOOC(F)(F)F. The summed E-state index contributed by atoms with van der Waals surface area (Å²) in [6.45, 7) is 1.35. The van der Waals surface area contributed by atoms with Crippen molar-refractivity contribution in [1.29, 1.82) is 0 Å². The molecule has 0 radical (unpaired) electrons. The van der Waals surface area contributed by atoms with Crippen molar-refractivity contribution in [2.45, 2.75) is 13.3 Å². The molecule has 0 heterocycles. The second-order valence-electron chi connectivity index (χ2n) is 1.42. The third-order valence-corrected chi connectivity index (χ3v) is 0.980. The van der Waals surface area contributed by atoms with Crippen LogP contribution in [0.25, 0.3) is 0 Å². The molecule has 66 valence electrons. The Kier molecular flexibility index (Phi) is 4.31. The van der Waals surface area contributed by atoms with E-state index in [9.17, 15) is 13.2 Å². The molecule has 0 saturated carbocycles. The predicted molar refractivity (Wildman–Crippen MR) is 32.2 cm³/mol. The Hall–Kier alpha value is -0.400. The van der Waals surface area contributed by atoms with Gasteiger partial charge in [0.25, 0.3) is 0 Å². The van der Waals surface area contributed by atoms with E-state index >= 15 is 0 Å². The molecule has 1 N–H and O–H groups in total. The van der Waals surface area contributed by atoms with Crippen molar-refractivity contribution in [2.75, 3.05) is 0 Å². The van der Waals surface area contributed by atoms with Gasteiger partial charge in [-0.05, 0) is 6.92 Å². The monoisotopic (exact) mass is 190 g/mol. The normalized spacial score (nSPS) is 13.6. The predicted octanol–water partition coefficient (Wildman–Crippen LogP) is 2.52. The van der Waals surface area contributed by atoms with Crippen molar-refractivity contribution in [3.63, 3.8) is 0 Å². The van der Waals surface area contributed by atoms with E-state index in [4.69, 9.17) is 5.11 Å². The number of aliphatic hydroxyl groups is 1. The fourth-order valence-electron chi connectivity index (χ4n) is 0.131. The highest BCUT2D eigenvalue weighted by atomic mass is 32.2. The van der Waals surface area contributed by atoms with Crippen molar-refractivity contribution >= 4 is 12.0 Å². The molecule has 11 heavy (non-hydrogen) atoms. The number of allylic oxidation sites excluding steroid dienone is 1. The fraction of sp³-hybridized carbons (Fsp3) is 0.500. The second-order valence-corrected chi connectivity index (χ2v) is 2.37. The van der Waals surface area contributed by atoms with Gasteiger partial charge in [0.2, 0.25) is 0 Å². The van der Waals surface area contributed by atoms with Crippen LogP contribution in [-0.2, 0) is 9.22 Å². The maximum absolute atomic E-state index is 11.2. The van der Waals surface area contributed by atoms with Crippen LogP contribution < -0.4 is 0 Å².